The Bertz CT molecular complexity index is 524. The van der Waals surface area contributed by atoms with Crippen LogP contribution in [-0.4, -0.2) is 29.5 Å². The summed E-state index contributed by atoms with van der Waals surface area (Å²) in [5.74, 6) is -0.141. The van der Waals surface area contributed by atoms with Crippen molar-refractivity contribution in [3.63, 3.8) is 0 Å². The van der Waals surface area contributed by atoms with Crippen LogP contribution in [0.5, 0.6) is 0 Å². The van der Waals surface area contributed by atoms with E-state index in [1.165, 1.54) is 16.0 Å². The first-order valence-corrected chi connectivity index (χ1v) is 7.08. The lowest BCUT2D eigenvalue weighted by Gasteiger charge is -2.18. The van der Waals surface area contributed by atoms with E-state index in [2.05, 4.69) is 26.0 Å². The number of benzene rings is 1. The minimum absolute atomic E-state index is 0.102. The van der Waals surface area contributed by atoms with E-state index in [0.717, 1.165) is 12.0 Å². The maximum Gasteiger partial charge on any atom is 0.416 e. The van der Waals surface area contributed by atoms with E-state index < -0.39 is 6.09 Å². The number of ether oxygens (including phenoxy) is 1. The van der Waals surface area contributed by atoms with Crippen LogP contribution in [0, 0.1) is 13.8 Å². The SMILES string of the molecule is CC[C@H]1COC(=O)N1C(=O)CCc1ccc(C)c(C)c1. The van der Waals surface area contributed by atoms with Crippen LogP contribution in [0.15, 0.2) is 18.2 Å². The van der Waals surface area contributed by atoms with Crippen molar-refractivity contribution in [1.82, 2.24) is 4.90 Å². The van der Waals surface area contributed by atoms with E-state index in [0.29, 0.717) is 19.4 Å². The molecule has 0 aliphatic carbocycles. The third-order valence-electron chi connectivity index (χ3n) is 3.90. The Hall–Kier alpha value is -1.84. The summed E-state index contributed by atoms with van der Waals surface area (Å²) in [5, 5.41) is 0. The number of rotatable bonds is 4. The Morgan fingerprint density at radius 2 is 2.10 bits per heavy atom. The van der Waals surface area contributed by atoms with Crippen molar-refractivity contribution in [2.24, 2.45) is 0 Å². The van der Waals surface area contributed by atoms with E-state index >= 15 is 0 Å². The average Bonchev–Trinajstić information content (AvgIpc) is 2.81. The van der Waals surface area contributed by atoms with Crippen molar-refractivity contribution in [1.29, 1.82) is 0 Å². The Morgan fingerprint density at radius 1 is 1.35 bits per heavy atom. The molecular formula is C16H21NO3. The number of hydrogen-bond donors (Lipinski definition) is 0. The lowest BCUT2D eigenvalue weighted by atomic mass is 10.0. The number of imide groups is 1. The standard InChI is InChI=1S/C16H21NO3/c1-4-14-10-20-16(19)17(14)15(18)8-7-13-6-5-11(2)12(3)9-13/h5-6,9,14H,4,7-8,10H2,1-3H3/t14-/m0/s1. The molecule has 1 heterocycles. The van der Waals surface area contributed by atoms with Crippen molar-refractivity contribution in [2.75, 3.05) is 6.61 Å². The molecule has 1 aliphatic heterocycles. The van der Waals surface area contributed by atoms with E-state index in [-0.39, 0.29) is 11.9 Å². The largest absolute Gasteiger partial charge is 0.447 e. The molecule has 0 bridgehead atoms. The number of nitrogens with zero attached hydrogens (tertiary/aromatic N) is 1. The maximum absolute atomic E-state index is 12.2. The van der Waals surface area contributed by atoms with Gasteiger partial charge in [0.15, 0.2) is 0 Å². The summed E-state index contributed by atoms with van der Waals surface area (Å²) in [7, 11) is 0. The van der Waals surface area contributed by atoms with E-state index in [9.17, 15) is 9.59 Å². The normalized spacial score (nSPS) is 18.2. The Balaban J connectivity index is 1.97. The highest BCUT2D eigenvalue weighted by atomic mass is 16.6. The van der Waals surface area contributed by atoms with Gasteiger partial charge in [0.2, 0.25) is 5.91 Å². The summed E-state index contributed by atoms with van der Waals surface area (Å²) in [6, 6.07) is 6.10. The van der Waals surface area contributed by atoms with Crippen LogP contribution >= 0.6 is 0 Å². The summed E-state index contributed by atoms with van der Waals surface area (Å²) in [6.45, 7) is 6.41. The van der Waals surface area contributed by atoms with Gasteiger partial charge in [-0.3, -0.25) is 4.79 Å². The van der Waals surface area contributed by atoms with Crippen molar-refractivity contribution >= 4 is 12.0 Å². The first-order valence-electron chi connectivity index (χ1n) is 7.08. The molecule has 1 aromatic rings. The van der Waals surface area contributed by atoms with Gasteiger partial charge in [0.1, 0.15) is 6.61 Å². The Morgan fingerprint density at radius 3 is 2.75 bits per heavy atom. The molecule has 0 spiro atoms. The second kappa shape index (κ2) is 6.07. The first kappa shape index (κ1) is 14.6. The number of amides is 2. The molecule has 108 valence electrons. The second-order valence-electron chi connectivity index (χ2n) is 5.32. The third-order valence-corrected chi connectivity index (χ3v) is 3.90. The van der Waals surface area contributed by atoms with Crippen molar-refractivity contribution in [3.05, 3.63) is 34.9 Å². The van der Waals surface area contributed by atoms with Crippen LogP contribution in [0.2, 0.25) is 0 Å². The predicted molar refractivity (Wildman–Crippen MR) is 76.5 cm³/mol. The summed E-state index contributed by atoms with van der Waals surface area (Å²) in [4.78, 5) is 25.0. The van der Waals surface area contributed by atoms with Gasteiger partial charge < -0.3 is 4.74 Å². The number of carbonyl (C=O) groups excluding carboxylic acids is 2. The van der Waals surface area contributed by atoms with Gasteiger partial charge in [0.25, 0.3) is 0 Å². The number of cyclic esters (lactones) is 1. The molecule has 0 saturated carbocycles. The molecule has 1 fully saturated rings. The van der Waals surface area contributed by atoms with Crippen molar-refractivity contribution in [2.45, 2.75) is 46.1 Å². The first-order chi connectivity index (χ1) is 9.52. The van der Waals surface area contributed by atoms with Crippen LogP contribution in [0.3, 0.4) is 0 Å². The third kappa shape index (κ3) is 3.00. The molecule has 0 radical (unpaired) electrons. The zero-order valence-electron chi connectivity index (χ0n) is 12.3. The minimum atomic E-state index is -0.498. The number of hydrogen-bond acceptors (Lipinski definition) is 3. The minimum Gasteiger partial charge on any atom is -0.447 e. The van der Waals surface area contributed by atoms with Crippen molar-refractivity contribution < 1.29 is 14.3 Å². The van der Waals surface area contributed by atoms with Gasteiger partial charge >= 0.3 is 6.09 Å². The summed E-state index contributed by atoms with van der Waals surface area (Å²) < 4.78 is 4.94. The molecule has 1 aliphatic rings. The van der Waals surface area contributed by atoms with E-state index in [4.69, 9.17) is 4.74 Å². The molecule has 4 nitrogen and oxygen atoms in total. The molecule has 0 aromatic heterocycles. The molecular weight excluding hydrogens is 254 g/mol. The van der Waals surface area contributed by atoms with Crippen molar-refractivity contribution in [3.8, 4) is 0 Å². The quantitative estimate of drug-likeness (QED) is 0.848. The topological polar surface area (TPSA) is 46.6 Å². The van der Waals surface area contributed by atoms with E-state index in [1.54, 1.807) is 0 Å². The molecule has 0 N–H and O–H groups in total. The van der Waals surface area contributed by atoms with Crippen LogP contribution in [-0.2, 0) is 16.0 Å². The fraction of sp³-hybridized carbons (Fsp3) is 0.500. The Labute approximate surface area is 119 Å². The van der Waals surface area contributed by atoms with Gasteiger partial charge in [-0.25, -0.2) is 9.69 Å². The lowest BCUT2D eigenvalue weighted by molar-refractivity contribution is -0.129. The molecule has 2 rings (SSSR count). The van der Waals surface area contributed by atoms with Gasteiger partial charge in [-0.1, -0.05) is 25.1 Å². The zero-order valence-corrected chi connectivity index (χ0v) is 12.3. The van der Waals surface area contributed by atoms with Crippen LogP contribution in [0.1, 0.15) is 36.5 Å². The molecule has 1 aromatic carbocycles. The highest BCUT2D eigenvalue weighted by Crippen LogP contribution is 2.18. The fourth-order valence-corrected chi connectivity index (χ4v) is 2.40. The molecule has 2 amide bonds. The molecule has 20 heavy (non-hydrogen) atoms. The summed E-state index contributed by atoms with van der Waals surface area (Å²) in [6.07, 6.45) is 1.23. The van der Waals surface area contributed by atoms with Gasteiger partial charge in [-0.05, 0) is 43.4 Å². The molecule has 1 atom stereocenters. The highest BCUT2D eigenvalue weighted by Gasteiger charge is 2.36. The van der Waals surface area contributed by atoms with E-state index in [1.807, 2.05) is 13.0 Å². The fourth-order valence-electron chi connectivity index (χ4n) is 2.40. The van der Waals surface area contributed by atoms with Gasteiger partial charge in [-0.2, -0.15) is 0 Å². The molecule has 1 saturated heterocycles. The van der Waals surface area contributed by atoms with Gasteiger partial charge in [0.05, 0.1) is 6.04 Å². The highest BCUT2D eigenvalue weighted by molar-refractivity contribution is 5.93. The molecule has 0 unspecified atom stereocenters. The smallest absolute Gasteiger partial charge is 0.416 e. The Kier molecular flexibility index (Phi) is 4.42. The van der Waals surface area contributed by atoms with Crippen LogP contribution in [0.4, 0.5) is 4.79 Å². The van der Waals surface area contributed by atoms with Gasteiger partial charge in [0, 0.05) is 6.42 Å². The second-order valence-corrected chi connectivity index (χ2v) is 5.32. The monoisotopic (exact) mass is 275 g/mol. The average molecular weight is 275 g/mol. The van der Waals surface area contributed by atoms with Crippen LogP contribution < -0.4 is 0 Å². The molecule has 4 heteroatoms. The predicted octanol–water partition coefficient (Wildman–Crippen LogP) is 2.99. The van der Waals surface area contributed by atoms with Gasteiger partial charge in [-0.15, -0.1) is 0 Å². The number of carbonyl (C=O) groups is 2. The lowest BCUT2D eigenvalue weighted by Crippen LogP contribution is -2.38. The summed E-state index contributed by atoms with van der Waals surface area (Å²) >= 11 is 0. The number of aryl methyl sites for hydroxylation is 3. The van der Waals surface area contributed by atoms with Crippen LogP contribution in [0.25, 0.3) is 0 Å². The zero-order chi connectivity index (χ0) is 14.7. The summed E-state index contributed by atoms with van der Waals surface area (Å²) in [5.41, 5.74) is 3.60. The maximum atomic E-state index is 12.2.